The van der Waals surface area contributed by atoms with E-state index in [0.717, 1.165) is 15.9 Å². The number of rotatable bonds is 5. The molecule has 0 aliphatic rings. The third kappa shape index (κ3) is 3.66. The van der Waals surface area contributed by atoms with Gasteiger partial charge in [0.05, 0.1) is 5.82 Å². The molecule has 0 unspecified atom stereocenters. The normalized spacial score (nSPS) is 12.4. The van der Waals surface area contributed by atoms with E-state index in [1.807, 2.05) is 91.0 Å². The maximum atomic E-state index is 13.3. The van der Waals surface area contributed by atoms with Crippen LogP contribution in [0, 0.1) is 0 Å². The smallest absolute Gasteiger partial charge is 0.204 e. The van der Waals surface area contributed by atoms with Crippen molar-refractivity contribution in [2.75, 3.05) is 0 Å². The molecule has 0 fully saturated rings. The number of hydrogen-bond acceptors (Lipinski definition) is 0. The Morgan fingerprint density at radius 2 is 1.00 bits per heavy atom. The van der Waals surface area contributed by atoms with Crippen molar-refractivity contribution < 1.29 is 8.78 Å². The zero-order valence-corrected chi connectivity index (χ0v) is 15.0. The predicted molar refractivity (Wildman–Crippen MR) is 105 cm³/mol. The van der Waals surface area contributed by atoms with Crippen LogP contribution in [0.3, 0.4) is 0 Å². The standard InChI is InChI=1S/C21H17ClF2P/c22-20(21(23)24)16-25(17-10-4-1-5-11-17,18-12-6-2-7-13-18)19-14-8-3-9-15-19/h1-16,21H/q+1. The average Bonchev–Trinajstić information content (AvgIpc) is 2.68. The van der Waals surface area contributed by atoms with E-state index < -0.39 is 18.7 Å². The van der Waals surface area contributed by atoms with Crippen LogP contribution in [-0.4, -0.2) is 6.43 Å². The molecule has 0 saturated carbocycles. The molecule has 0 nitrogen and oxygen atoms in total. The summed E-state index contributed by atoms with van der Waals surface area (Å²) in [4.78, 5) is 0. The molecular formula is C21H17ClF2P+. The van der Waals surface area contributed by atoms with Gasteiger partial charge in [-0.05, 0) is 36.4 Å². The molecule has 0 aromatic heterocycles. The molecule has 0 amide bonds. The van der Waals surface area contributed by atoms with Crippen LogP contribution in [0.25, 0.3) is 0 Å². The number of hydrogen-bond donors (Lipinski definition) is 0. The molecule has 0 bridgehead atoms. The van der Waals surface area contributed by atoms with Gasteiger partial charge in [-0.3, -0.25) is 0 Å². The maximum Gasteiger partial charge on any atom is 0.277 e. The van der Waals surface area contributed by atoms with Gasteiger partial charge >= 0.3 is 0 Å². The van der Waals surface area contributed by atoms with Crippen molar-refractivity contribution in [1.82, 2.24) is 0 Å². The van der Waals surface area contributed by atoms with E-state index in [2.05, 4.69) is 0 Å². The van der Waals surface area contributed by atoms with Gasteiger partial charge in [0.15, 0.2) is 0 Å². The van der Waals surface area contributed by atoms with E-state index >= 15 is 0 Å². The molecule has 4 heteroatoms. The van der Waals surface area contributed by atoms with Gasteiger partial charge in [-0.2, -0.15) is 0 Å². The first-order valence-electron chi connectivity index (χ1n) is 7.86. The van der Waals surface area contributed by atoms with Crippen LogP contribution in [0.15, 0.2) is 102 Å². The summed E-state index contributed by atoms with van der Waals surface area (Å²) in [6.45, 7) is 0. The summed E-state index contributed by atoms with van der Waals surface area (Å²) in [7, 11) is -2.44. The van der Waals surface area contributed by atoms with E-state index in [1.54, 1.807) is 5.82 Å². The molecule has 0 aliphatic heterocycles. The molecule has 0 spiro atoms. The van der Waals surface area contributed by atoms with Crippen LogP contribution in [0.5, 0.6) is 0 Å². The molecule has 0 aliphatic carbocycles. The third-order valence-corrected chi connectivity index (χ3v) is 8.45. The second-order valence-corrected chi connectivity index (χ2v) is 9.23. The van der Waals surface area contributed by atoms with Crippen molar-refractivity contribution in [3.63, 3.8) is 0 Å². The van der Waals surface area contributed by atoms with Gasteiger partial charge < -0.3 is 0 Å². The minimum atomic E-state index is -2.70. The zero-order valence-electron chi connectivity index (χ0n) is 13.4. The first-order chi connectivity index (χ1) is 12.1. The lowest BCUT2D eigenvalue weighted by Gasteiger charge is -2.24. The Morgan fingerprint density at radius 3 is 1.28 bits per heavy atom. The molecule has 25 heavy (non-hydrogen) atoms. The SMILES string of the molecule is FC(F)C(Cl)=C[P+](c1ccccc1)(c1ccccc1)c1ccccc1. The van der Waals surface area contributed by atoms with Crippen molar-refractivity contribution in [1.29, 1.82) is 0 Å². The Kier molecular flexibility index (Phi) is 5.63. The topological polar surface area (TPSA) is 0 Å². The second-order valence-electron chi connectivity index (χ2n) is 5.54. The Balaban J connectivity index is 2.38. The Labute approximate surface area is 152 Å². The molecule has 126 valence electrons. The Hall–Kier alpha value is -2.02. The van der Waals surface area contributed by atoms with Crippen molar-refractivity contribution in [2.24, 2.45) is 0 Å². The fraction of sp³-hybridized carbons (Fsp3) is 0.0476. The number of alkyl halides is 2. The molecular weight excluding hydrogens is 357 g/mol. The lowest BCUT2D eigenvalue weighted by Crippen LogP contribution is -2.30. The van der Waals surface area contributed by atoms with Crippen molar-refractivity contribution in [3.8, 4) is 0 Å². The molecule has 0 atom stereocenters. The third-order valence-electron chi connectivity index (χ3n) is 4.02. The zero-order chi connectivity index (χ0) is 17.7. The summed E-state index contributed by atoms with van der Waals surface area (Å²) in [6, 6.07) is 29.3. The Bertz CT molecular complexity index is 737. The lowest BCUT2D eigenvalue weighted by atomic mass is 10.4. The number of benzene rings is 3. The van der Waals surface area contributed by atoms with Gasteiger partial charge in [-0.25, -0.2) is 8.78 Å². The molecule has 0 radical (unpaired) electrons. The number of allylic oxidation sites excluding steroid dienone is 1. The quantitative estimate of drug-likeness (QED) is 0.530. The monoisotopic (exact) mass is 373 g/mol. The van der Waals surface area contributed by atoms with Gasteiger partial charge in [0, 0.05) is 0 Å². The summed E-state index contributed by atoms with van der Waals surface area (Å²) < 4.78 is 26.6. The first kappa shape index (κ1) is 17.8. The second kappa shape index (κ2) is 7.91. The van der Waals surface area contributed by atoms with Crippen LogP contribution < -0.4 is 15.9 Å². The van der Waals surface area contributed by atoms with Gasteiger partial charge in [0.1, 0.15) is 28.2 Å². The largest absolute Gasteiger partial charge is 0.277 e. The summed E-state index contributed by atoms with van der Waals surface area (Å²) in [6.07, 6.45) is -2.70. The van der Waals surface area contributed by atoms with Crippen LogP contribution in [0.1, 0.15) is 0 Å². The molecule has 0 saturated heterocycles. The van der Waals surface area contributed by atoms with E-state index in [9.17, 15) is 8.78 Å². The minimum absolute atomic E-state index is 0.412. The van der Waals surface area contributed by atoms with Crippen molar-refractivity contribution in [2.45, 2.75) is 6.43 Å². The molecule has 3 aromatic carbocycles. The fourth-order valence-corrected chi connectivity index (χ4v) is 7.09. The predicted octanol–water partition coefficient (Wildman–Crippen LogP) is 5.33. The van der Waals surface area contributed by atoms with Crippen LogP contribution in [-0.2, 0) is 0 Å². The van der Waals surface area contributed by atoms with E-state index in [4.69, 9.17) is 11.6 Å². The van der Waals surface area contributed by atoms with E-state index in [0.29, 0.717) is 0 Å². The fourth-order valence-electron chi connectivity index (χ4n) is 2.90. The van der Waals surface area contributed by atoms with Crippen molar-refractivity contribution in [3.05, 3.63) is 102 Å². The van der Waals surface area contributed by atoms with Crippen LogP contribution in [0.2, 0.25) is 0 Å². The lowest BCUT2D eigenvalue weighted by molar-refractivity contribution is 0.199. The first-order valence-corrected chi connectivity index (χ1v) is 10.1. The summed E-state index contributed by atoms with van der Waals surface area (Å²) in [5.74, 6) is 1.58. The average molecular weight is 374 g/mol. The van der Waals surface area contributed by atoms with E-state index in [-0.39, 0.29) is 0 Å². The van der Waals surface area contributed by atoms with Gasteiger partial charge in [0.2, 0.25) is 0 Å². The minimum Gasteiger partial charge on any atom is -0.204 e. The highest BCUT2D eigenvalue weighted by Gasteiger charge is 2.44. The maximum absolute atomic E-state index is 13.3. The van der Waals surface area contributed by atoms with Gasteiger partial charge in [-0.1, -0.05) is 66.2 Å². The van der Waals surface area contributed by atoms with Gasteiger partial charge in [0.25, 0.3) is 6.43 Å². The number of halogens is 3. The summed E-state index contributed by atoms with van der Waals surface area (Å²) >= 11 is 5.99. The highest BCUT2D eigenvalue weighted by Crippen LogP contribution is 2.58. The Morgan fingerprint density at radius 1 is 0.680 bits per heavy atom. The highest BCUT2D eigenvalue weighted by atomic mass is 35.5. The molecule has 3 rings (SSSR count). The summed E-state index contributed by atoms with van der Waals surface area (Å²) in [5, 5.41) is 2.56. The molecule has 0 N–H and O–H groups in total. The van der Waals surface area contributed by atoms with Crippen LogP contribution in [0.4, 0.5) is 8.78 Å². The molecule has 0 heterocycles. The summed E-state index contributed by atoms with van der Waals surface area (Å²) in [5.41, 5.74) is 0. The van der Waals surface area contributed by atoms with Crippen molar-refractivity contribution >= 4 is 34.8 Å². The molecule has 3 aromatic rings. The van der Waals surface area contributed by atoms with E-state index in [1.165, 1.54) is 0 Å². The van der Waals surface area contributed by atoms with Gasteiger partial charge in [-0.15, -0.1) is 0 Å². The van der Waals surface area contributed by atoms with Crippen LogP contribution >= 0.6 is 18.9 Å². The highest BCUT2D eigenvalue weighted by molar-refractivity contribution is 7.98.